The molecule has 0 saturated carbocycles. The molecule has 158 valence electrons. The van der Waals surface area contributed by atoms with E-state index in [1.54, 1.807) is 11.3 Å². The number of aryl methyl sites for hydroxylation is 1. The molecule has 0 N–H and O–H groups in total. The fourth-order valence-electron chi connectivity index (χ4n) is 3.79. The highest BCUT2D eigenvalue weighted by atomic mass is 32.1. The smallest absolute Gasteiger partial charge is 0.406 e. The molecular formula is C25H37BO2S. The van der Waals surface area contributed by atoms with Crippen molar-refractivity contribution in [2.45, 2.75) is 78.6 Å². The van der Waals surface area contributed by atoms with Crippen LogP contribution in [-0.2, 0) is 15.7 Å². The van der Waals surface area contributed by atoms with Crippen LogP contribution in [0.15, 0.2) is 36.4 Å². The van der Waals surface area contributed by atoms with Gasteiger partial charge in [-0.05, 0) is 30.0 Å². The molecule has 2 aromatic rings. The predicted molar refractivity (Wildman–Crippen MR) is 127 cm³/mol. The second kappa shape index (κ2) is 11.3. The maximum absolute atomic E-state index is 5.93. The van der Waals surface area contributed by atoms with Gasteiger partial charge in [0, 0.05) is 28.3 Å². The van der Waals surface area contributed by atoms with Crippen molar-refractivity contribution in [1.29, 1.82) is 0 Å². The van der Waals surface area contributed by atoms with Crippen molar-refractivity contribution < 1.29 is 9.31 Å². The summed E-state index contributed by atoms with van der Waals surface area (Å²) >= 11 is 1.78. The summed E-state index contributed by atoms with van der Waals surface area (Å²) in [5.41, 5.74) is 2.86. The van der Waals surface area contributed by atoms with Crippen LogP contribution in [0.3, 0.4) is 0 Å². The third kappa shape index (κ3) is 7.27. The Labute approximate surface area is 182 Å². The van der Waals surface area contributed by atoms with E-state index < -0.39 is 0 Å². The normalized spacial score (nSPS) is 16.3. The van der Waals surface area contributed by atoms with E-state index in [1.165, 1.54) is 78.6 Å². The monoisotopic (exact) mass is 412 g/mol. The van der Waals surface area contributed by atoms with Crippen molar-refractivity contribution in [3.8, 4) is 10.4 Å². The fourth-order valence-corrected chi connectivity index (χ4v) is 4.80. The summed E-state index contributed by atoms with van der Waals surface area (Å²) in [6, 6.07) is 13.5. The molecule has 0 bridgehead atoms. The lowest BCUT2D eigenvalue weighted by atomic mass is 9.82. The largest absolute Gasteiger partial charge is 0.504 e. The highest BCUT2D eigenvalue weighted by Crippen LogP contribution is 2.27. The van der Waals surface area contributed by atoms with E-state index in [2.05, 4.69) is 57.2 Å². The van der Waals surface area contributed by atoms with E-state index in [1.807, 2.05) is 0 Å². The molecule has 2 nitrogen and oxygen atoms in total. The van der Waals surface area contributed by atoms with E-state index in [0.29, 0.717) is 0 Å². The van der Waals surface area contributed by atoms with Gasteiger partial charge in [0.15, 0.2) is 0 Å². The Balaban J connectivity index is 1.42. The van der Waals surface area contributed by atoms with Gasteiger partial charge in [-0.1, -0.05) is 96.0 Å². The Morgan fingerprint density at radius 2 is 1.45 bits per heavy atom. The lowest BCUT2D eigenvalue weighted by Crippen LogP contribution is -2.46. The first-order valence-electron chi connectivity index (χ1n) is 11.5. The molecule has 29 heavy (non-hydrogen) atoms. The maximum Gasteiger partial charge on any atom is 0.504 e. The predicted octanol–water partition coefficient (Wildman–Crippen LogP) is 6.87. The van der Waals surface area contributed by atoms with Gasteiger partial charge in [0.05, 0.1) is 0 Å². The third-order valence-corrected chi connectivity index (χ3v) is 6.82. The van der Waals surface area contributed by atoms with Crippen molar-refractivity contribution in [2.24, 2.45) is 5.41 Å². The summed E-state index contributed by atoms with van der Waals surface area (Å²) < 4.78 is 13.0. The molecule has 1 saturated heterocycles. The van der Waals surface area contributed by atoms with Gasteiger partial charge < -0.3 is 9.31 Å². The molecule has 0 spiro atoms. The molecule has 1 aliphatic heterocycles. The molecule has 1 aromatic carbocycles. The van der Waals surface area contributed by atoms with Crippen LogP contribution in [0.2, 0.25) is 0 Å². The summed E-state index contributed by atoms with van der Waals surface area (Å²) in [5.74, 6) is 0. The minimum absolute atomic E-state index is 0.113. The van der Waals surface area contributed by atoms with Crippen LogP contribution < -0.4 is 4.78 Å². The molecule has 1 fully saturated rings. The summed E-state index contributed by atoms with van der Waals surface area (Å²) in [5, 5.41) is 0. The molecule has 0 unspecified atom stereocenters. The zero-order valence-corrected chi connectivity index (χ0v) is 19.4. The standard InChI is InChI=1S/C25H37BO2S/c1-4-5-6-7-8-9-10-11-12-21-13-15-22(16-14-21)23-17-18-24(29-23)26-27-19-25(2,3)20-28-26/h13-18H,4-12,19-20H2,1-3H3. The highest BCUT2D eigenvalue weighted by molar-refractivity contribution is 7.25. The molecule has 3 rings (SSSR count). The number of hydrogen-bond acceptors (Lipinski definition) is 3. The van der Waals surface area contributed by atoms with Gasteiger partial charge in [-0.25, -0.2) is 0 Å². The summed E-state index contributed by atoms with van der Waals surface area (Å²) in [7, 11) is -0.206. The lowest BCUT2D eigenvalue weighted by Gasteiger charge is -2.32. The molecule has 0 atom stereocenters. The first-order valence-corrected chi connectivity index (χ1v) is 12.3. The van der Waals surface area contributed by atoms with Crippen LogP contribution in [0, 0.1) is 5.41 Å². The van der Waals surface area contributed by atoms with E-state index >= 15 is 0 Å². The highest BCUT2D eigenvalue weighted by Gasteiger charge is 2.34. The van der Waals surface area contributed by atoms with E-state index in [0.717, 1.165) is 13.2 Å². The van der Waals surface area contributed by atoms with Gasteiger partial charge in [0.1, 0.15) is 0 Å². The van der Waals surface area contributed by atoms with Crippen molar-refractivity contribution in [1.82, 2.24) is 0 Å². The van der Waals surface area contributed by atoms with Gasteiger partial charge in [-0.3, -0.25) is 0 Å². The van der Waals surface area contributed by atoms with Gasteiger partial charge in [-0.15, -0.1) is 11.3 Å². The van der Waals surface area contributed by atoms with Gasteiger partial charge in [0.2, 0.25) is 0 Å². The second-order valence-corrected chi connectivity index (χ2v) is 10.4. The molecule has 0 amide bonds. The lowest BCUT2D eigenvalue weighted by molar-refractivity contribution is 0.0346. The number of rotatable bonds is 11. The Bertz CT molecular complexity index is 713. The first kappa shape index (κ1) is 22.6. The van der Waals surface area contributed by atoms with Crippen LogP contribution in [-0.4, -0.2) is 20.3 Å². The Morgan fingerprint density at radius 1 is 0.828 bits per heavy atom. The minimum Gasteiger partial charge on any atom is -0.406 e. The van der Waals surface area contributed by atoms with E-state index in [9.17, 15) is 0 Å². The Kier molecular flexibility index (Phi) is 8.83. The van der Waals surface area contributed by atoms with Crippen molar-refractivity contribution in [2.75, 3.05) is 13.2 Å². The number of hydrogen-bond donors (Lipinski definition) is 0. The van der Waals surface area contributed by atoms with Crippen LogP contribution in [0.1, 0.15) is 77.7 Å². The molecule has 4 heteroatoms. The van der Waals surface area contributed by atoms with Crippen molar-refractivity contribution in [3.63, 3.8) is 0 Å². The zero-order valence-electron chi connectivity index (χ0n) is 18.5. The molecule has 0 radical (unpaired) electrons. The summed E-state index contributed by atoms with van der Waals surface area (Å²) in [6.45, 7) is 8.13. The summed E-state index contributed by atoms with van der Waals surface area (Å²) in [6.07, 6.45) is 12.2. The molecular weight excluding hydrogens is 375 g/mol. The number of benzene rings is 1. The topological polar surface area (TPSA) is 18.5 Å². The van der Waals surface area contributed by atoms with Gasteiger partial charge in [-0.2, -0.15) is 0 Å². The van der Waals surface area contributed by atoms with Crippen LogP contribution in [0.5, 0.6) is 0 Å². The zero-order chi connectivity index (χ0) is 20.5. The van der Waals surface area contributed by atoms with E-state index in [4.69, 9.17) is 9.31 Å². The third-order valence-electron chi connectivity index (χ3n) is 5.67. The average Bonchev–Trinajstić information content (AvgIpc) is 3.20. The van der Waals surface area contributed by atoms with Crippen LogP contribution in [0.4, 0.5) is 0 Å². The second-order valence-electron chi connectivity index (χ2n) is 9.24. The molecule has 0 aliphatic carbocycles. The van der Waals surface area contributed by atoms with Crippen LogP contribution >= 0.6 is 11.3 Å². The first-order chi connectivity index (χ1) is 14.1. The number of unbranched alkanes of at least 4 members (excludes halogenated alkanes) is 7. The van der Waals surface area contributed by atoms with Crippen molar-refractivity contribution >= 4 is 23.2 Å². The number of thiophene rings is 1. The molecule has 2 heterocycles. The fraction of sp³-hybridized carbons (Fsp3) is 0.600. The Morgan fingerprint density at radius 3 is 2.10 bits per heavy atom. The molecule has 1 aromatic heterocycles. The minimum atomic E-state index is -0.206. The van der Waals surface area contributed by atoms with Crippen molar-refractivity contribution in [3.05, 3.63) is 42.0 Å². The SMILES string of the molecule is CCCCCCCCCCc1ccc(-c2ccc(B3OCC(C)(C)CO3)s2)cc1. The summed E-state index contributed by atoms with van der Waals surface area (Å²) in [4.78, 5) is 1.29. The van der Waals surface area contributed by atoms with Crippen LogP contribution in [0.25, 0.3) is 10.4 Å². The van der Waals surface area contributed by atoms with E-state index in [-0.39, 0.29) is 12.5 Å². The van der Waals surface area contributed by atoms with Gasteiger partial charge >= 0.3 is 7.12 Å². The average molecular weight is 412 g/mol. The molecule has 1 aliphatic rings. The maximum atomic E-state index is 5.93. The quantitative estimate of drug-likeness (QED) is 0.296. The Hall–Kier alpha value is -1.10. The van der Waals surface area contributed by atoms with Gasteiger partial charge in [0.25, 0.3) is 0 Å².